The molecule has 4 nitrogen and oxygen atoms in total. The van der Waals surface area contributed by atoms with E-state index < -0.39 is 0 Å². The lowest BCUT2D eigenvalue weighted by molar-refractivity contribution is -0.132. The number of amides is 1. The molecule has 1 aliphatic heterocycles. The first-order valence-corrected chi connectivity index (χ1v) is 6.39. The molecule has 1 aromatic rings. The largest absolute Gasteiger partial charge is 0.491 e. The van der Waals surface area contributed by atoms with E-state index in [2.05, 4.69) is 0 Å². The summed E-state index contributed by atoms with van der Waals surface area (Å²) >= 11 is 0. The number of rotatable bonds is 3. The lowest BCUT2D eigenvalue weighted by atomic mass is 10.1. The van der Waals surface area contributed by atoms with Crippen LogP contribution in [0.3, 0.4) is 0 Å². The third kappa shape index (κ3) is 3.01. The molecule has 1 atom stereocenters. The van der Waals surface area contributed by atoms with E-state index in [0.29, 0.717) is 32.7 Å². The van der Waals surface area contributed by atoms with Gasteiger partial charge in [-0.15, -0.1) is 0 Å². The van der Waals surface area contributed by atoms with E-state index in [9.17, 15) is 4.79 Å². The number of ether oxygens (including phenoxy) is 1. The number of nitrogens with two attached hydrogens (primary N) is 1. The first-order valence-electron chi connectivity index (χ1n) is 6.39. The van der Waals surface area contributed by atoms with Gasteiger partial charge in [-0.05, 0) is 18.5 Å². The molecule has 98 valence electrons. The van der Waals surface area contributed by atoms with Crippen LogP contribution in [0.2, 0.25) is 0 Å². The molecular formula is C14H20N2O2. The Hall–Kier alpha value is -1.55. The van der Waals surface area contributed by atoms with Crippen molar-refractivity contribution in [2.75, 3.05) is 19.7 Å². The van der Waals surface area contributed by atoms with Crippen molar-refractivity contribution >= 4 is 5.91 Å². The van der Waals surface area contributed by atoms with Crippen LogP contribution in [0.15, 0.2) is 24.3 Å². The lowest BCUT2D eigenvalue weighted by Gasteiger charge is -2.21. The zero-order valence-electron chi connectivity index (χ0n) is 10.8. The number of hydrogen-bond acceptors (Lipinski definition) is 3. The molecule has 4 heteroatoms. The van der Waals surface area contributed by atoms with Gasteiger partial charge in [0.1, 0.15) is 12.4 Å². The van der Waals surface area contributed by atoms with E-state index in [1.54, 1.807) is 0 Å². The monoisotopic (exact) mass is 248 g/mol. The molecule has 0 spiro atoms. The van der Waals surface area contributed by atoms with Gasteiger partial charge < -0.3 is 15.4 Å². The topological polar surface area (TPSA) is 55.6 Å². The van der Waals surface area contributed by atoms with Gasteiger partial charge in [-0.3, -0.25) is 4.79 Å². The molecule has 1 aliphatic rings. The van der Waals surface area contributed by atoms with E-state index in [-0.39, 0.29) is 11.8 Å². The maximum atomic E-state index is 12.1. The summed E-state index contributed by atoms with van der Waals surface area (Å²) in [4.78, 5) is 14.0. The van der Waals surface area contributed by atoms with Gasteiger partial charge >= 0.3 is 0 Å². The van der Waals surface area contributed by atoms with Crippen molar-refractivity contribution in [1.82, 2.24) is 4.90 Å². The Kier molecular flexibility index (Phi) is 4.20. The number of carbonyl (C=O) groups is 1. The van der Waals surface area contributed by atoms with Crippen LogP contribution in [0, 0.1) is 5.92 Å². The molecule has 1 heterocycles. The third-order valence-corrected chi connectivity index (χ3v) is 3.23. The van der Waals surface area contributed by atoms with Crippen molar-refractivity contribution in [2.24, 2.45) is 11.7 Å². The highest BCUT2D eigenvalue weighted by atomic mass is 16.5. The van der Waals surface area contributed by atoms with Crippen molar-refractivity contribution < 1.29 is 9.53 Å². The summed E-state index contributed by atoms with van der Waals surface area (Å²) in [5.41, 5.74) is 6.63. The lowest BCUT2D eigenvalue weighted by Crippen LogP contribution is -2.34. The van der Waals surface area contributed by atoms with Crippen LogP contribution < -0.4 is 10.5 Å². The summed E-state index contributed by atoms with van der Waals surface area (Å²) in [7, 11) is 0. The van der Waals surface area contributed by atoms with Gasteiger partial charge in [0.2, 0.25) is 5.91 Å². The third-order valence-electron chi connectivity index (χ3n) is 3.23. The molecule has 0 aliphatic carbocycles. The van der Waals surface area contributed by atoms with Crippen LogP contribution in [0.1, 0.15) is 18.9 Å². The summed E-state index contributed by atoms with van der Waals surface area (Å²) < 4.78 is 5.64. The Bertz CT molecular complexity index is 420. The van der Waals surface area contributed by atoms with Crippen LogP contribution >= 0.6 is 0 Å². The van der Waals surface area contributed by atoms with Crippen LogP contribution in [-0.2, 0) is 11.3 Å². The van der Waals surface area contributed by atoms with Crippen molar-refractivity contribution in [3.63, 3.8) is 0 Å². The van der Waals surface area contributed by atoms with Crippen molar-refractivity contribution in [3.05, 3.63) is 29.8 Å². The van der Waals surface area contributed by atoms with Crippen LogP contribution in [0.25, 0.3) is 0 Å². The van der Waals surface area contributed by atoms with Gasteiger partial charge in [0.05, 0.1) is 6.54 Å². The van der Waals surface area contributed by atoms with E-state index in [0.717, 1.165) is 11.3 Å². The van der Waals surface area contributed by atoms with Gasteiger partial charge in [-0.2, -0.15) is 0 Å². The fourth-order valence-corrected chi connectivity index (χ4v) is 2.05. The minimum atomic E-state index is 0.160. The van der Waals surface area contributed by atoms with Gasteiger partial charge in [-0.25, -0.2) is 0 Å². The number of benzene rings is 1. The van der Waals surface area contributed by atoms with Crippen molar-refractivity contribution in [2.45, 2.75) is 19.9 Å². The zero-order chi connectivity index (χ0) is 13.0. The maximum absolute atomic E-state index is 12.1. The van der Waals surface area contributed by atoms with Crippen LogP contribution in [0.5, 0.6) is 5.75 Å². The summed E-state index contributed by atoms with van der Waals surface area (Å²) in [6.07, 6.45) is 0.513. The standard InChI is InChI=1S/C14H20N2O2/c1-11(9-15)8-14(17)16-6-7-18-13-5-3-2-4-12(13)10-16/h2-5,11H,6-10,15H2,1H3. The van der Waals surface area contributed by atoms with Gasteiger partial charge in [-0.1, -0.05) is 25.1 Å². The molecule has 0 saturated carbocycles. The second-order valence-corrected chi connectivity index (χ2v) is 4.82. The van der Waals surface area contributed by atoms with E-state index in [4.69, 9.17) is 10.5 Å². The Morgan fingerprint density at radius 3 is 3.06 bits per heavy atom. The van der Waals surface area contributed by atoms with Crippen molar-refractivity contribution in [3.8, 4) is 5.75 Å². The molecule has 2 N–H and O–H groups in total. The Morgan fingerprint density at radius 2 is 2.28 bits per heavy atom. The number of carbonyl (C=O) groups excluding carboxylic acids is 1. The minimum Gasteiger partial charge on any atom is -0.491 e. The van der Waals surface area contributed by atoms with E-state index >= 15 is 0 Å². The highest BCUT2D eigenvalue weighted by Crippen LogP contribution is 2.23. The highest BCUT2D eigenvalue weighted by molar-refractivity contribution is 5.76. The van der Waals surface area contributed by atoms with Gasteiger partial charge in [0.25, 0.3) is 0 Å². The maximum Gasteiger partial charge on any atom is 0.223 e. The molecule has 1 aromatic carbocycles. The number of nitrogens with zero attached hydrogens (tertiary/aromatic N) is 1. The number of para-hydroxylation sites is 1. The summed E-state index contributed by atoms with van der Waals surface area (Å²) in [5, 5.41) is 0. The molecular weight excluding hydrogens is 228 g/mol. The summed E-state index contributed by atoms with van der Waals surface area (Å²) in [5.74, 6) is 1.28. The zero-order valence-corrected chi connectivity index (χ0v) is 10.8. The van der Waals surface area contributed by atoms with Crippen molar-refractivity contribution in [1.29, 1.82) is 0 Å². The van der Waals surface area contributed by atoms with E-state index in [1.807, 2.05) is 36.1 Å². The van der Waals surface area contributed by atoms with Gasteiger partial charge in [0, 0.05) is 18.5 Å². The molecule has 0 saturated heterocycles. The first-order chi connectivity index (χ1) is 8.70. The molecule has 0 aromatic heterocycles. The summed E-state index contributed by atoms with van der Waals surface area (Å²) in [6.45, 7) is 4.38. The first kappa shape index (κ1) is 12.9. The quantitative estimate of drug-likeness (QED) is 0.879. The molecule has 18 heavy (non-hydrogen) atoms. The number of hydrogen-bond donors (Lipinski definition) is 1. The molecule has 0 bridgehead atoms. The molecule has 0 radical (unpaired) electrons. The predicted octanol–water partition coefficient (Wildman–Crippen LogP) is 1.39. The smallest absolute Gasteiger partial charge is 0.223 e. The molecule has 1 unspecified atom stereocenters. The molecule has 0 fully saturated rings. The Morgan fingerprint density at radius 1 is 1.50 bits per heavy atom. The number of fused-ring (bicyclic) bond motifs is 1. The van der Waals surface area contributed by atoms with Crippen LogP contribution in [0.4, 0.5) is 0 Å². The fourth-order valence-electron chi connectivity index (χ4n) is 2.05. The Balaban J connectivity index is 2.05. The molecule has 1 amide bonds. The second kappa shape index (κ2) is 5.87. The van der Waals surface area contributed by atoms with E-state index in [1.165, 1.54) is 0 Å². The van der Waals surface area contributed by atoms with Crippen LogP contribution in [-0.4, -0.2) is 30.5 Å². The fraction of sp³-hybridized carbons (Fsp3) is 0.500. The Labute approximate surface area is 108 Å². The average Bonchev–Trinajstić information content (AvgIpc) is 2.60. The highest BCUT2D eigenvalue weighted by Gasteiger charge is 2.20. The summed E-state index contributed by atoms with van der Waals surface area (Å²) in [6, 6.07) is 7.88. The normalized spacial score (nSPS) is 16.4. The molecule has 2 rings (SSSR count). The van der Waals surface area contributed by atoms with Gasteiger partial charge in [0.15, 0.2) is 0 Å². The SMILES string of the molecule is CC(CN)CC(=O)N1CCOc2ccccc2C1. The predicted molar refractivity (Wildman–Crippen MR) is 70.2 cm³/mol. The second-order valence-electron chi connectivity index (χ2n) is 4.82. The minimum absolute atomic E-state index is 0.160. The average molecular weight is 248 g/mol.